The fraction of sp³-hybridized carbons (Fsp3) is 0.696. The Morgan fingerprint density at radius 2 is 0.862 bits per heavy atom. The molecule has 3 saturated carbocycles. The van der Waals surface area contributed by atoms with Crippen LogP contribution in [0.5, 0.6) is 0 Å². The number of carbonyl (C=O) groups is 2. The second-order valence-electron chi connectivity index (χ2n) is 18.0. The molecule has 12 heteroatoms. The summed E-state index contributed by atoms with van der Waals surface area (Å²) in [6.07, 6.45) is 24.2. The lowest BCUT2D eigenvalue weighted by molar-refractivity contribution is 0.0770. The van der Waals surface area contributed by atoms with E-state index >= 15 is 0 Å². The van der Waals surface area contributed by atoms with Crippen molar-refractivity contribution in [1.29, 1.82) is 0 Å². The third-order valence-corrected chi connectivity index (χ3v) is 13.5. The third kappa shape index (κ3) is 17.5. The van der Waals surface area contributed by atoms with E-state index in [4.69, 9.17) is 32.7 Å². The lowest BCUT2D eigenvalue weighted by Crippen LogP contribution is -2.39. The molecule has 7 radical (unpaired) electrons. The van der Waals surface area contributed by atoms with Crippen LogP contribution in [0.3, 0.4) is 0 Å². The topological polar surface area (TPSA) is 71.1 Å². The summed E-state index contributed by atoms with van der Waals surface area (Å²) in [5, 5.41) is 3.42. The molecule has 0 aromatic heterocycles. The van der Waals surface area contributed by atoms with Gasteiger partial charge in [0.2, 0.25) is 0 Å². The fourth-order valence-corrected chi connectivity index (χ4v) is 9.04. The SMILES string of the molecule is C1CC(CC2CCNCC2)C1.O=C(OCc1ccccc1)N1CCC(CC2CCC2)CC1.O=C(OCc1ccccc1)N1CCC(CC2CCC2)CC1.[B][B]B([B])[B]. The number of benzene rings is 2. The molecule has 6 aliphatic rings. The van der Waals surface area contributed by atoms with Gasteiger partial charge in [-0.3, -0.25) is 0 Å². The molecule has 2 aromatic carbocycles. The number of rotatable bonds is 11. The molecule has 0 unspecified atom stereocenters. The van der Waals surface area contributed by atoms with Gasteiger partial charge in [-0.15, -0.1) is 0 Å². The predicted molar refractivity (Wildman–Crippen MR) is 242 cm³/mol. The molecule has 3 aliphatic heterocycles. The Balaban J connectivity index is 0.000000163. The average Bonchev–Trinajstić information content (AvgIpc) is 3.22. The second-order valence-corrected chi connectivity index (χ2v) is 18.0. The predicted octanol–water partition coefficient (Wildman–Crippen LogP) is 8.72. The molecule has 1 N–H and O–H groups in total. The molecule has 0 atom stereocenters. The Morgan fingerprint density at radius 3 is 1.16 bits per heavy atom. The molecule has 3 heterocycles. The van der Waals surface area contributed by atoms with Gasteiger partial charge in [0.1, 0.15) is 13.2 Å². The summed E-state index contributed by atoms with van der Waals surface area (Å²) in [5.41, 5.74) is 2.09. The number of ether oxygens (including phenoxy) is 2. The largest absolute Gasteiger partial charge is 0.445 e. The first-order chi connectivity index (χ1) is 28.3. The monoisotopic (exact) mass is 783 g/mol. The summed E-state index contributed by atoms with van der Waals surface area (Å²) in [5.74, 6) is 5.81. The summed E-state index contributed by atoms with van der Waals surface area (Å²) in [6, 6.07) is 19.7. The van der Waals surface area contributed by atoms with Crippen molar-refractivity contribution in [3.63, 3.8) is 0 Å². The molecular formula is C46H69B5N3O4. The number of nitrogens with one attached hydrogen (secondary N) is 1. The smallest absolute Gasteiger partial charge is 0.410 e. The minimum absolute atomic E-state index is 0.152. The van der Waals surface area contributed by atoms with Gasteiger partial charge in [-0.2, -0.15) is 0 Å². The third-order valence-electron chi connectivity index (χ3n) is 13.5. The van der Waals surface area contributed by atoms with Crippen LogP contribution in [-0.4, -0.2) is 97.9 Å². The quantitative estimate of drug-likeness (QED) is 0.231. The molecule has 6 fully saturated rings. The van der Waals surface area contributed by atoms with Crippen LogP contribution in [0.1, 0.15) is 127 Å². The van der Waals surface area contributed by atoms with Gasteiger partial charge >= 0.3 is 12.2 Å². The Bertz CT molecular complexity index is 1310. The maximum absolute atomic E-state index is 12.1. The lowest BCUT2D eigenvalue weighted by atomic mass is 8.97. The zero-order valence-corrected chi connectivity index (χ0v) is 35.5. The van der Waals surface area contributed by atoms with E-state index in [1.165, 1.54) is 104 Å². The van der Waals surface area contributed by atoms with Crippen molar-refractivity contribution < 1.29 is 19.1 Å². The van der Waals surface area contributed by atoms with Crippen molar-refractivity contribution in [3.05, 3.63) is 71.8 Å². The van der Waals surface area contributed by atoms with Crippen LogP contribution in [-0.2, 0) is 22.7 Å². The fourth-order valence-electron chi connectivity index (χ4n) is 9.04. The molecule has 3 saturated heterocycles. The van der Waals surface area contributed by atoms with Crippen molar-refractivity contribution >= 4 is 48.8 Å². The van der Waals surface area contributed by atoms with E-state index < -0.39 is 6.39 Å². The standard InChI is InChI=1S/2C18H25NO2.C10H19N.B5/c2*20-18(21-14-17-5-2-1-3-6-17)19-11-9-16(10-12-19)13-15-7-4-8-15;1-2-9(3-1)8-10-4-6-11-7-5-10;1-4-5(2)3/h2*1-3,5-6,15-16H,4,7-14H2;9-11H,1-8H2;. The second kappa shape index (κ2) is 26.5. The van der Waals surface area contributed by atoms with Gasteiger partial charge in [-0.05, 0) is 118 Å². The van der Waals surface area contributed by atoms with Gasteiger partial charge in [-0.25, -0.2) is 9.59 Å². The lowest BCUT2D eigenvalue weighted by Gasteiger charge is -2.35. The van der Waals surface area contributed by atoms with Gasteiger partial charge in [0.25, 0.3) is 0 Å². The van der Waals surface area contributed by atoms with Crippen LogP contribution in [0.15, 0.2) is 60.7 Å². The summed E-state index contributed by atoms with van der Waals surface area (Å²) >= 11 is 0. The van der Waals surface area contributed by atoms with Crippen molar-refractivity contribution in [3.8, 4) is 0 Å². The summed E-state index contributed by atoms with van der Waals surface area (Å²) < 4.78 is 10.8. The van der Waals surface area contributed by atoms with Crippen LogP contribution in [0, 0.1) is 35.5 Å². The molecular weight excluding hydrogens is 713 g/mol. The van der Waals surface area contributed by atoms with Crippen molar-refractivity contribution in [1.82, 2.24) is 15.1 Å². The Hall–Kier alpha value is -2.74. The number of hydrogen-bond acceptors (Lipinski definition) is 5. The van der Waals surface area contributed by atoms with E-state index in [1.807, 2.05) is 70.5 Å². The maximum atomic E-state index is 12.1. The van der Waals surface area contributed by atoms with Crippen LogP contribution in [0.25, 0.3) is 0 Å². The summed E-state index contributed by atoms with van der Waals surface area (Å²) in [6.45, 7) is 6.77. The van der Waals surface area contributed by atoms with Crippen LogP contribution < -0.4 is 5.32 Å². The Kier molecular flexibility index (Phi) is 21.1. The van der Waals surface area contributed by atoms with Gasteiger partial charge in [0.15, 0.2) is 0 Å². The van der Waals surface area contributed by atoms with Crippen LogP contribution in [0.2, 0.25) is 0 Å². The van der Waals surface area contributed by atoms with E-state index in [0.29, 0.717) is 13.2 Å². The van der Waals surface area contributed by atoms with Gasteiger partial charge in [0.05, 0.1) is 0 Å². The number of hydrogen-bond donors (Lipinski definition) is 1. The highest BCUT2D eigenvalue weighted by molar-refractivity contribution is 7.60. The average molecular weight is 782 g/mol. The van der Waals surface area contributed by atoms with Gasteiger partial charge in [-0.1, -0.05) is 118 Å². The van der Waals surface area contributed by atoms with Gasteiger partial charge < -0.3 is 24.6 Å². The molecule has 58 heavy (non-hydrogen) atoms. The first-order valence-electron chi connectivity index (χ1n) is 23.0. The summed E-state index contributed by atoms with van der Waals surface area (Å²) in [4.78, 5) is 27.9. The van der Waals surface area contributed by atoms with Crippen molar-refractivity contribution in [2.75, 3.05) is 39.3 Å². The van der Waals surface area contributed by atoms with E-state index in [9.17, 15) is 9.59 Å². The number of amides is 2. The van der Waals surface area contributed by atoms with Gasteiger partial charge in [0, 0.05) is 62.8 Å². The zero-order valence-electron chi connectivity index (χ0n) is 35.5. The zero-order chi connectivity index (χ0) is 40.8. The number of piperidine rings is 3. The normalized spacial score (nSPS) is 20.5. The minimum Gasteiger partial charge on any atom is -0.445 e. The maximum Gasteiger partial charge on any atom is 0.410 e. The first kappa shape index (κ1) is 46.3. The number of nitrogens with zero attached hydrogens (tertiary/aromatic N) is 2. The van der Waals surface area contributed by atoms with E-state index in [-0.39, 0.29) is 12.2 Å². The minimum atomic E-state index is -0.463. The van der Waals surface area contributed by atoms with Crippen LogP contribution >= 0.6 is 0 Å². The molecule has 3 aliphatic carbocycles. The van der Waals surface area contributed by atoms with Crippen LogP contribution in [0.4, 0.5) is 9.59 Å². The molecule has 2 amide bonds. The molecule has 8 rings (SSSR count). The molecule has 2 aromatic rings. The molecule has 307 valence electrons. The van der Waals surface area contributed by atoms with E-state index in [0.717, 1.165) is 98.5 Å². The van der Waals surface area contributed by atoms with E-state index in [1.54, 1.807) is 6.42 Å². The number of carbonyl (C=O) groups excluding carboxylic acids is 2. The van der Waals surface area contributed by atoms with Crippen molar-refractivity contribution in [2.45, 2.75) is 129 Å². The molecule has 0 spiro atoms. The molecule has 7 nitrogen and oxygen atoms in total. The first-order valence-corrected chi connectivity index (χ1v) is 23.0. The Labute approximate surface area is 357 Å². The van der Waals surface area contributed by atoms with Crippen molar-refractivity contribution in [2.24, 2.45) is 35.5 Å². The van der Waals surface area contributed by atoms with E-state index in [2.05, 4.69) is 5.32 Å². The Morgan fingerprint density at radius 1 is 0.552 bits per heavy atom. The molecule has 0 bridgehead atoms. The highest BCUT2D eigenvalue weighted by Gasteiger charge is 2.29. The highest BCUT2D eigenvalue weighted by Crippen LogP contribution is 2.37. The summed E-state index contributed by atoms with van der Waals surface area (Å²) in [7, 11) is 15.8. The number of likely N-dealkylation sites (tertiary alicyclic amines) is 2. The highest BCUT2D eigenvalue weighted by atomic mass is 16.6.